The van der Waals surface area contributed by atoms with E-state index < -0.39 is 8.07 Å². The first-order valence-corrected chi connectivity index (χ1v) is 14.3. The van der Waals surface area contributed by atoms with Crippen LogP contribution in [0.4, 0.5) is 0 Å². The van der Waals surface area contributed by atoms with E-state index in [0.717, 1.165) is 11.1 Å². The van der Waals surface area contributed by atoms with Crippen molar-refractivity contribution in [3.05, 3.63) is 143 Å². The second-order valence-electron chi connectivity index (χ2n) is 9.00. The first kappa shape index (κ1) is 21.0. The highest BCUT2D eigenvalue weighted by atomic mass is 28.3. The first-order valence-electron chi connectivity index (χ1n) is 10.8. The smallest absolute Gasteiger partial charge is 0.193 e. The Hall–Kier alpha value is -3.23. The van der Waals surface area contributed by atoms with Gasteiger partial charge in [0.25, 0.3) is 0 Å². The second-order valence-corrected chi connectivity index (χ2v) is 14.3. The van der Waals surface area contributed by atoms with E-state index in [9.17, 15) is 4.79 Å². The molecule has 0 amide bonds. The molecule has 0 radical (unpaired) electrons. The Bertz CT molecular complexity index is 1100. The van der Waals surface area contributed by atoms with Gasteiger partial charge in [-0.25, -0.2) is 0 Å². The van der Waals surface area contributed by atoms with E-state index in [4.69, 9.17) is 0 Å². The Balaban J connectivity index is 1.90. The molecule has 0 bridgehead atoms. The van der Waals surface area contributed by atoms with E-state index in [-0.39, 0.29) is 10.8 Å². The van der Waals surface area contributed by atoms with Gasteiger partial charge in [-0.1, -0.05) is 135 Å². The number of carbonyl (C=O) groups excluding carboxylic acids is 1. The summed E-state index contributed by atoms with van der Waals surface area (Å²) < 4.78 is 0. The van der Waals surface area contributed by atoms with E-state index in [1.54, 1.807) is 0 Å². The van der Waals surface area contributed by atoms with Crippen molar-refractivity contribution in [1.29, 1.82) is 0 Å². The first-order chi connectivity index (χ1) is 14.9. The SMILES string of the molecule is C[Si](C)(C)C(c1ccccc1)(c1ccccc1)c1ccc(C(=O)c2ccccc2)cc1. The van der Waals surface area contributed by atoms with Gasteiger partial charge in [-0.2, -0.15) is 0 Å². The molecule has 0 atom stereocenters. The molecule has 4 rings (SSSR count). The van der Waals surface area contributed by atoms with Crippen LogP contribution in [0, 0.1) is 0 Å². The lowest BCUT2D eigenvalue weighted by Crippen LogP contribution is -2.51. The Kier molecular flexibility index (Phi) is 5.75. The Morgan fingerprint density at radius 3 is 1.29 bits per heavy atom. The standard InChI is InChI=1S/C29H28OSi/c1-31(2,3)29(25-15-9-5-10-16-25,26-17-11-6-12-18-26)27-21-19-24(20-22-27)28(30)23-13-7-4-8-14-23/h4-22H,1-3H3. The van der Waals surface area contributed by atoms with Crippen molar-refractivity contribution in [3.8, 4) is 0 Å². The average Bonchev–Trinajstić information content (AvgIpc) is 2.81. The van der Waals surface area contributed by atoms with Crippen LogP contribution in [0.2, 0.25) is 19.6 Å². The summed E-state index contributed by atoms with van der Waals surface area (Å²) in [7, 11) is -1.85. The molecule has 0 fully saturated rings. The maximum Gasteiger partial charge on any atom is 0.193 e. The predicted molar refractivity (Wildman–Crippen MR) is 132 cm³/mol. The minimum Gasteiger partial charge on any atom is -0.289 e. The molecule has 0 N–H and O–H groups in total. The molecule has 0 heterocycles. The molecule has 0 saturated carbocycles. The number of rotatable bonds is 6. The van der Waals surface area contributed by atoms with Gasteiger partial charge in [0.15, 0.2) is 5.78 Å². The van der Waals surface area contributed by atoms with Crippen LogP contribution in [-0.4, -0.2) is 13.9 Å². The molecule has 0 unspecified atom stereocenters. The van der Waals surface area contributed by atoms with Crippen molar-refractivity contribution in [1.82, 2.24) is 0 Å². The summed E-state index contributed by atoms with van der Waals surface area (Å²) in [6.07, 6.45) is 0. The quantitative estimate of drug-likeness (QED) is 0.184. The predicted octanol–water partition coefficient (Wildman–Crippen LogP) is 7.13. The summed E-state index contributed by atoms with van der Waals surface area (Å²) in [4.78, 5) is 13.0. The third-order valence-electron chi connectivity index (χ3n) is 6.15. The zero-order valence-electron chi connectivity index (χ0n) is 18.4. The topological polar surface area (TPSA) is 17.1 Å². The number of carbonyl (C=O) groups is 1. The van der Waals surface area contributed by atoms with Crippen molar-refractivity contribution >= 4 is 13.9 Å². The molecule has 1 nitrogen and oxygen atoms in total. The van der Waals surface area contributed by atoms with Gasteiger partial charge in [0.05, 0.1) is 8.07 Å². The summed E-state index contributed by atoms with van der Waals surface area (Å²) in [5, 5.41) is -0.218. The van der Waals surface area contributed by atoms with Crippen molar-refractivity contribution in [2.24, 2.45) is 0 Å². The normalized spacial score (nSPS) is 11.8. The van der Waals surface area contributed by atoms with Crippen molar-refractivity contribution in [3.63, 3.8) is 0 Å². The lowest BCUT2D eigenvalue weighted by atomic mass is 9.83. The highest BCUT2D eigenvalue weighted by Crippen LogP contribution is 2.46. The summed E-state index contributed by atoms with van der Waals surface area (Å²) in [5.41, 5.74) is 5.30. The van der Waals surface area contributed by atoms with Gasteiger partial charge < -0.3 is 0 Å². The fraction of sp³-hybridized carbons (Fsp3) is 0.138. The van der Waals surface area contributed by atoms with Gasteiger partial charge in [-0.3, -0.25) is 4.79 Å². The Morgan fingerprint density at radius 2 is 0.871 bits per heavy atom. The van der Waals surface area contributed by atoms with Crippen LogP contribution in [0.15, 0.2) is 115 Å². The summed E-state index contributed by atoms with van der Waals surface area (Å²) in [6.45, 7) is 7.28. The van der Waals surface area contributed by atoms with E-state index in [1.165, 1.54) is 16.7 Å². The number of ketones is 1. The lowest BCUT2D eigenvalue weighted by molar-refractivity contribution is 0.103. The van der Waals surface area contributed by atoms with Gasteiger partial charge in [0, 0.05) is 16.2 Å². The van der Waals surface area contributed by atoms with Crippen LogP contribution in [0.25, 0.3) is 0 Å². The average molecular weight is 421 g/mol. The second kappa shape index (κ2) is 8.48. The molecule has 31 heavy (non-hydrogen) atoms. The van der Waals surface area contributed by atoms with Crippen LogP contribution in [0.5, 0.6) is 0 Å². The minimum absolute atomic E-state index is 0.0603. The Labute approximate surface area is 186 Å². The summed E-state index contributed by atoms with van der Waals surface area (Å²) in [5.74, 6) is 0.0603. The van der Waals surface area contributed by atoms with Gasteiger partial charge in [0.1, 0.15) is 0 Å². The largest absolute Gasteiger partial charge is 0.289 e. The molecule has 0 aromatic heterocycles. The highest BCUT2D eigenvalue weighted by molar-refractivity contribution is 6.80. The molecular weight excluding hydrogens is 392 g/mol. The van der Waals surface area contributed by atoms with Crippen molar-refractivity contribution in [2.75, 3.05) is 0 Å². The minimum atomic E-state index is -1.85. The Morgan fingerprint density at radius 1 is 0.516 bits per heavy atom. The molecular formula is C29H28OSi. The molecule has 0 aliphatic heterocycles. The summed E-state index contributed by atoms with van der Waals surface area (Å²) in [6, 6.07) is 39.4. The fourth-order valence-electron chi connectivity index (χ4n) is 4.80. The van der Waals surface area contributed by atoms with Gasteiger partial charge in [0.2, 0.25) is 0 Å². The monoisotopic (exact) mass is 420 g/mol. The molecule has 0 aliphatic carbocycles. The van der Waals surface area contributed by atoms with Crippen LogP contribution < -0.4 is 0 Å². The molecule has 4 aromatic carbocycles. The fourth-order valence-corrected chi connectivity index (χ4v) is 7.90. The van der Waals surface area contributed by atoms with Crippen LogP contribution in [0.3, 0.4) is 0 Å². The maximum absolute atomic E-state index is 13.0. The van der Waals surface area contributed by atoms with E-state index in [2.05, 4.69) is 92.4 Å². The van der Waals surface area contributed by atoms with Gasteiger partial charge >= 0.3 is 0 Å². The molecule has 0 aliphatic rings. The molecule has 2 heteroatoms. The van der Waals surface area contributed by atoms with Crippen LogP contribution >= 0.6 is 0 Å². The number of benzene rings is 4. The molecule has 154 valence electrons. The van der Waals surface area contributed by atoms with Crippen LogP contribution in [0.1, 0.15) is 32.6 Å². The zero-order chi connectivity index (χ0) is 21.9. The third kappa shape index (κ3) is 3.80. The third-order valence-corrected chi connectivity index (χ3v) is 9.27. The lowest BCUT2D eigenvalue weighted by Gasteiger charge is -2.45. The van der Waals surface area contributed by atoms with Gasteiger partial charge in [-0.15, -0.1) is 0 Å². The molecule has 0 saturated heterocycles. The van der Waals surface area contributed by atoms with E-state index >= 15 is 0 Å². The van der Waals surface area contributed by atoms with Gasteiger partial charge in [-0.05, 0) is 16.7 Å². The molecule has 0 spiro atoms. The van der Waals surface area contributed by atoms with Crippen molar-refractivity contribution in [2.45, 2.75) is 24.7 Å². The molecule has 4 aromatic rings. The highest BCUT2D eigenvalue weighted by Gasteiger charge is 2.47. The van der Waals surface area contributed by atoms with Crippen LogP contribution in [-0.2, 0) is 5.04 Å². The number of hydrogen-bond acceptors (Lipinski definition) is 1. The van der Waals surface area contributed by atoms with Crippen molar-refractivity contribution < 1.29 is 4.79 Å². The summed E-state index contributed by atoms with van der Waals surface area (Å²) >= 11 is 0. The number of hydrogen-bond donors (Lipinski definition) is 0. The zero-order valence-corrected chi connectivity index (χ0v) is 19.4. The maximum atomic E-state index is 13.0. The van der Waals surface area contributed by atoms with E-state index in [1.807, 2.05) is 42.5 Å². The van der Waals surface area contributed by atoms with E-state index in [0.29, 0.717) is 0 Å².